The molecule has 1 atom stereocenters. The number of aromatic nitrogens is 5. The van der Waals surface area contributed by atoms with Crippen LogP contribution >= 0.6 is 0 Å². The topological polar surface area (TPSA) is 104 Å². The van der Waals surface area contributed by atoms with E-state index >= 15 is 0 Å². The molecule has 19 heavy (non-hydrogen) atoms. The lowest BCUT2D eigenvalue weighted by atomic mass is 10.2. The maximum atomic E-state index is 12.2. The van der Waals surface area contributed by atoms with Crippen LogP contribution in [0.3, 0.4) is 0 Å². The molecule has 0 aliphatic rings. The molecular formula is C11H17N7O. The van der Waals surface area contributed by atoms with Crippen molar-refractivity contribution in [2.45, 2.75) is 19.9 Å². The van der Waals surface area contributed by atoms with E-state index in [4.69, 9.17) is 5.73 Å². The number of nitrogen functional groups attached to an aromatic ring is 1. The minimum atomic E-state index is -0.281. The van der Waals surface area contributed by atoms with Gasteiger partial charge in [0.05, 0.1) is 17.4 Å². The predicted octanol–water partition coefficient (Wildman–Crippen LogP) is -0.0698. The fourth-order valence-electron chi connectivity index (χ4n) is 1.96. The van der Waals surface area contributed by atoms with Crippen LogP contribution in [0.5, 0.6) is 0 Å². The maximum absolute atomic E-state index is 12.2. The van der Waals surface area contributed by atoms with E-state index in [0.29, 0.717) is 22.9 Å². The zero-order chi connectivity index (χ0) is 14.2. The lowest BCUT2D eigenvalue weighted by Crippen LogP contribution is -2.30. The quantitative estimate of drug-likeness (QED) is 0.806. The highest BCUT2D eigenvalue weighted by Crippen LogP contribution is 2.16. The van der Waals surface area contributed by atoms with Crippen LogP contribution in [0.25, 0.3) is 0 Å². The van der Waals surface area contributed by atoms with Crippen LogP contribution in [0.2, 0.25) is 0 Å². The lowest BCUT2D eigenvalue weighted by Gasteiger charge is -2.13. The molecule has 0 aromatic carbocycles. The van der Waals surface area contributed by atoms with Gasteiger partial charge in [0.15, 0.2) is 5.82 Å². The van der Waals surface area contributed by atoms with Crippen LogP contribution in [-0.2, 0) is 14.1 Å². The van der Waals surface area contributed by atoms with Gasteiger partial charge in [0.1, 0.15) is 12.0 Å². The van der Waals surface area contributed by atoms with Crippen LogP contribution < -0.4 is 11.1 Å². The summed E-state index contributed by atoms with van der Waals surface area (Å²) in [5.74, 6) is 0.391. The molecule has 1 unspecified atom stereocenters. The first-order valence-corrected chi connectivity index (χ1v) is 5.85. The average molecular weight is 263 g/mol. The Morgan fingerprint density at radius 1 is 1.47 bits per heavy atom. The molecule has 0 radical (unpaired) electrons. The van der Waals surface area contributed by atoms with Crippen LogP contribution in [0.15, 0.2) is 6.33 Å². The molecule has 0 fully saturated rings. The number of aryl methyl sites for hydroxylation is 3. The number of anilines is 1. The van der Waals surface area contributed by atoms with E-state index in [1.54, 1.807) is 24.9 Å². The van der Waals surface area contributed by atoms with E-state index < -0.39 is 0 Å². The highest BCUT2D eigenvalue weighted by molar-refractivity contribution is 5.98. The Labute approximate surface area is 110 Å². The van der Waals surface area contributed by atoms with E-state index in [2.05, 4.69) is 20.6 Å². The highest BCUT2D eigenvalue weighted by Gasteiger charge is 2.21. The summed E-state index contributed by atoms with van der Waals surface area (Å²) in [6.45, 7) is 3.60. The fraction of sp³-hybridized carbons (Fsp3) is 0.455. The molecule has 102 valence electrons. The Balaban J connectivity index is 2.20. The van der Waals surface area contributed by atoms with Crippen molar-refractivity contribution >= 4 is 11.6 Å². The standard InChI is InChI=1S/C11H17N7O/c1-6-8(12)9(18(4)16-6)11(19)14-7(2)10-15-13-5-17(10)3/h5,7H,12H2,1-4H3,(H,14,19). The minimum Gasteiger partial charge on any atom is -0.395 e. The van der Waals surface area contributed by atoms with Gasteiger partial charge in [-0.05, 0) is 13.8 Å². The van der Waals surface area contributed by atoms with Crippen LogP contribution in [0.1, 0.15) is 35.0 Å². The Bertz CT molecular complexity index is 613. The second-order valence-electron chi connectivity index (χ2n) is 4.47. The van der Waals surface area contributed by atoms with Gasteiger partial charge in [-0.15, -0.1) is 10.2 Å². The summed E-state index contributed by atoms with van der Waals surface area (Å²) in [5.41, 5.74) is 7.24. The second-order valence-corrected chi connectivity index (χ2v) is 4.47. The number of nitrogens with one attached hydrogen (secondary N) is 1. The molecule has 0 saturated carbocycles. The van der Waals surface area contributed by atoms with Crippen molar-refractivity contribution in [3.8, 4) is 0 Å². The summed E-state index contributed by atoms with van der Waals surface area (Å²) in [6, 6.07) is -0.269. The molecule has 8 nitrogen and oxygen atoms in total. The predicted molar refractivity (Wildman–Crippen MR) is 69.2 cm³/mol. The Morgan fingerprint density at radius 3 is 2.63 bits per heavy atom. The lowest BCUT2D eigenvalue weighted by molar-refractivity contribution is 0.0929. The number of hydrogen-bond acceptors (Lipinski definition) is 5. The van der Waals surface area contributed by atoms with Crippen LogP contribution in [-0.4, -0.2) is 30.5 Å². The van der Waals surface area contributed by atoms with E-state index in [1.165, 1.54) is 4.68 Å². The van der Waals surface area contributed by atoms with E-state index in [-0.39, 0.29) is 11.9 Å². The monoisotopic (exact) mass is 263 g/mol. The third kappa shape index (κ3) is 2.28. The van der Waals surface area contributed by atoms with Crippen LogP contribution in [0, 0.1) is 6.92 Å². The molecule has 2 rings (SSSR count). The van der Waals surface area contributed by atoms with E-state index in [0.717, 1.165) is 0 Å². The van der Waals surface area contributed by atoms with Gasteiger partial charge in [0.25, 0.3) is 5.91 Å². The van der Waals surface area contributed by atoms with Crippen molar-refractivity contribution < 1.29 is 4.79 Å². The van der Waals surface area contributed by atoms with Gasteiger partial charge in [-0.2, -0.15) is 5.10 Å². The molecule has 0 aliphatic carbocycles. The summed E-state index contributed by atoms with van der Waals surface area (Å²) in [6.07, 6.45) is 1.58. The summed E-state index contributed by atoms with van der Waals surface area (Å²) >= 11 is 0. The number of nitrogens with zero attached hydrogens (tertiary/aromatic N) is 5. The Hall–Kier alpha value is -2.38. The molecule has 2 heterocycles. The number of nitrogens with two attached hydrogens (primary N) is 1. The highest BCUT2D eigenvalue weighted by atomic mass is 16.2. The van der Waals surface area contributed by atoms with Gasteiger partial charge in [-0.1, -0.05) is 0 Å². The van der Waals surface area contributed by atoms with Crippen molar-refractivity contribution in [1.29, 1.82) is 0 Å². The molecule has 1 amide bonds. The zero-order valence-electron chi connectivity index (χ0n) is 11.4. The van der Waals surface area contributed by atoms with Gasteiger partial charge in [-0.3, -0.25) is 9.48 Å². The molecule has 0 bridgehead atoms. The zero-order valence-corrected chi connectivity index (χ0v) is 11.4. The van der Waals surface area contributed by atoms with Gasteiger partial charge >= 0.3 is 0 Å². The Morgan fingerprint density at radius 2 is 2.16 bits per heavy atom. The Kier molecular flexibility index (Phi) is 3.24. The number of rotatable bonds is 3. The molecule has 2 aromatic heterocycles. The van der Waals surface area contributed by atoms with Gasteiger partial charge in [0.2, 0.25) is 0 Å². The third-order valence-corrected chi connectivity index (χ3v) is 2.96. The normalized spacial score (nSPS) is 12.4. The first kappa shape index (κ1) is 13.1. The van der Waals surface area contributed by atoms with Gasteiger partial charge in [0, 0.05) is 14.1 Å². The van der Waals surface area contributed by atoms with E-state index in [1.807, 2.05) is 14.0 Å². The third-order valence-electron chi connectivity index (χ3n) is 2.96. The van der Waals surface area contributed by atoms with Crippen molar-refractivity contribution in [3.05, 3.63) is 23.5 Å². The smallest absolute Gasteiger partial charge is 0.272 e. The number of hydrogen-bond donors (Lipinski definition) is 2. The maximum Gasteiger partial charge on any atom is 0.272 e. The summed E-state index contributed by atoms with van der Waals surface area (Å²) in [5, 5.41) is 14.7. The molecule has 0 saturated heterocycles. The van der Waals surface area contributed by atoms with Crippen LogP contribution in [0.4, 0.5) is 5.69 Å². The average Bonchev–Trinajstić information content (AvgIpc) is 2.84. The van der Waals surface area contributed by atoms with E-state index in [9.17, 15) is 4.79 Å². The van der Waals surface area contributed by atoms with Gasteiger partial charge in [-0.25, -0.2) is 0 Å². The summed E-state index contributed by atoms with van der Waals surface area (Å²) < 4.78 is 3.23. The fourth-order valence-corrected chi connectivity index (χ4v) is 1.96. The van der Waals surface area contributed by atoms with Crippen molar-refractivity contribution in [1.82, 2.24) is 29.9 Å². The molecule has 0 spiro atoms. The summed E-state index contributed by atoms with van der Waals surface area (Å²) in [7, 11) is 3.51. The molecule has 0 aliphatic heterocycles. The largest absolute Gasteiger partial charge is 0.395 e. The van der Waals surface area contributed by atoms with Crippen molar-refractivity contribution in [2.24, 2.45) is 14.1 Å². The number of carbonyl (C=O) groups is 1. The number of amides is 1. The first-order chi connectivity index (χ1) is 8.91. The molecule has 8 heteroatoms. The molecule has 2 aromatic rings. The molecular weight excluding hydrogens is 246 g/mol. The SMILES string of the molecule is Cc1nn(C)c(C(=O)NC(C)c2nncn2C)c1N. The second kappa shape index (κ2) is 4.71. The summed E-state index contributed by atoms with van der Waals surface area (Å²) in [4.78, 5) is 12.2. The number of carbonyl (C=O) groups excluding carboxylic acids is 1. The van der Waals surface area contributed by atoms with Crippen molar-refractivity contribution in [3.63, 3.8) is 0 Å². The van der Waals surface area contributed by atoms with Gasteiger partial charge < -0.3 is 15.6 Å². The molecule has 3 N–H and O–H groups in total. The van der Waals surface area contributed by atoms with Crippen molar-refractivity contribution in [2.75, 3.05) is 5.73 Å². The first-order valence-electron chi connectivity index (χ1n) is 5.85. The minimum absolute atomic E-state index is 0.269.